The molecule has 0 aromatic heterocycles. The fourth-order valence-electron chi connectivity index (χ4n) is 7.19. The molecule has 3 aliphatic rings. The van der Waals surface area contributed by atoms with Crippen molar-refractivity contribution < 1.29 is 32.2 Å². The number of allylic oxidation sites excluding steroid dienone is 3. The van der Waals surface area contributed by atoms with Gasteiger partial charge in [0.25, 0.3) is 5.91 Å². The maximum absolute atomic E-state index is 13.9. The summed E-state index contributed by atoms with van der Waals surface area (Å²) in [5.41, 5.74) is 6.08. The largest absolute Gasteiger partial charge is 0.573 e. The Morgan fingerprint density at radius 3 is 2.17 bits per heavy atom. The second kappa shape index (κ2) is 15.9. The summed E-state index contributed by atoms with van der Waals surface area (Å²) in [6, 6.07) is 13.8. The molecule has 0 saturated heterocycles. The van der Waals surface area contributed by atoms with Gasteiger partial charge in [0.2, 0.25) is 0 Å². The van der Waals surface area contributed by atoms with Crippen molar-refractivity contribution in [3.8, 4) is 5.75 Å². The van der Waals surface area contributed by atoms with Crippen molar-refractivity contribution in [2.45, 2.75) is 105 Å². The van der Waals surface area contributed by atoms with Crippen molar-refractivity contribution in [2.24, 2.45) is 11.8 Å². The Morgan fingerprint density at radius 2 is 1.62 bits per heavy atom. The van der Waals surface area contributed by atoms with E-state index < -0.39 is 6.36 Å². The molecule has 3 unspecified atom stereocenters. The molecule has 2 saturated carbocycles. The Morgan fingerprint density at radius 1 is 0.957 bits per heavy atom. The van der Waals surface area contributed by atoms with Gasteiger partial charge in [-0.1, -0.05) is 49.6 Å². The summed E-state index contributed by atoms with van der Waals surface area (Å²) in [5, 5.41) is 0. The number of fused-ring (bicyclic) bond motifs is 2. The third kappa shape index (κ3) is 8.22. The van der Waals surface area contributed by atoms with Gasteiger partial charge >= 0.3 is 12.3 Å². The number of benzene rings is 2. The zero-order valence-corrected chi connectivity index (χ0v) is 28.5. The first-order valence-electron chi connectivity index (χ1n) is 17.0. The number of rotatable bonds is 9. The van der Waals surface area contributed by atoms with Crippen LogP contribution in [0.1, 0.15) is 108 Å². The first-order valence-corrected chi connectivity index (χ1v) is 17.0. The second-order valence-electron chi connectivity index (χ2n) is 12.5. The van der Waals surface area contributed by atoms with Gasteiger partial charge < -0.3 is 19.3 Å². The monoisotopic (exact) mass is 654 g/mol. The fourth-order valence-corrected chi connectivity index (χ4v) is 7.19. The quantitative estimate of drug-likeness (QED) is 0.199. The molecule has 1 amide bonds. The van der Waals surface area contributed by atoms with E-state index in [1.165, 1.54) is 60.4 Å². The van der Waals surface area contributed by atoms with E-state index in [9.17, 15) is 22.8 Å². The van der Waals surface area contributed by atoms with E-state index in [0.29, 0.717) is 29.6 Å². The van der Waals surface area contributed by atoms with Crippen LogP contribution in [-0.4, -0.2) is 42.3 Å². The van der Waals surface area contributed by atoms with Gasteiger partial charge in [0, 0.05) is 41.0 Å². The summed E-state index contributed by atoms with van der Waals surface area (Å²) in [6.45, 7) is 13.5. The number of halogens is 3. The van der Waals surface area contributed by atoms with Crippen LogP contribution in [0.2, 0.25) is 0 Å². The predicted molar refractivity (Wildman–Crippen MR) is 179 cm³/mol. The number of ether oxygens (including phenoxy) is 2. The maximum Gasteiger partial charge on any atom is 0.573 e. The van der Waals surface area contributed by atoms with E-state index in [-0.39, 0.29) is 29.7 Å². The van der Waals surface area contributed by atoms with Crippen molar-refractivity contribution in [1.29, 1.82) is 0 Å². The minimum absolute atomic E-state index is 0.0483. The highest BCUT2D eigenvalue weighted by molar-refractivity contribution is 6.07. The first kappa shape index (κ1) is 36.1. The van der Waals surface area contributed by atoms with Crippen molar-refractivity contribution >= 4 is 17.6 Å². The van der Waals surface area contributed by atoms with Crippen molar-refractivity contribution in [3.05, 3.63) is 82.6 Å². The third-order valence-electron chi connectivity index (χ3n) is 9.81. The summed E-state index contributed by atoms with van der Waals surface area (Å²) in [6.07, 6.45) is 4.78. The van der Waals surface area contributed by atoms with Gasteiger partial charge in [-0.15, -0.1) is 13.2 Å². The first-order chi connectivity index (χ1) is 22.4. The summed E-state index contributed by atoms with van der Waals surface area (Å²) < 4.78 is 46.6. The highest BCUT2D eigenvalue weighted by Gasteiger charge is 2.48. The van der Waals surface area contributed by atoms with E-state index in [2.05, 4.69) is 47.3 Å². The summed E-state index contributed by atoms with van der Waals surface area (Å²) in [4.78, 5) is 29.2. The molecule has 0 N–H and O–H groups in total. The lowest BCUT2D eigenvalue weighted by Crippen LogP contribution is -2.51. The SMILES string of the molecule is C/C=C(\C)C(=O)OCC.CC/C(C)=C(/C1CCC1)N(CC)C1c2ccccc2N(C(=O)c2ccc(OC(F)(F)F)cc2)C2CCCC12. The zero-order valence-electron chi connectivity index (χ0n) is 28.5. The molecular formula is C38H49F3N2O4. The molecule has 5 rings (SSSR count). The minimum atomic E-state index is -4.77. The van der Waals surface area contributed by atoms with Crippen LogP contribution in [0.25, 0.3) is 0 Å². The molecule has 0 radical (unpaired) electrons. The number of carbonyl (C=O) groups excluding carboxylic acids is 2. The smallest absolute Gasteiger partial charge is 0.463 e. The number of hydrogen-bond acceptors (Lipinski definition) is 5. The van der Waals surface area contributed by atoms with E-state index in [1.807, 2.05) is 24.0 Å². The lowest BCUT2D eigenvalue weighted by Gasteiger charge is -2.51. The molecular weight excluding hydrogens is 605 g/mol. The number of carbonyl (C=O) groups is 2. The van der Waals surface area contributed by atoms with Gasteiger partial charge in [-0.25, -0.2) is 4.79 Å². The van der Waals surface area contributed by atoms with Crippen LogP contribution in [-0.2, 0) is 9.53 Å². The Kier molecular flexibility index (Phi) is 12.2. The lowest BCUT2D eigenvalue weighted by molar-refractivity contribution is -0.274. The molecule has 2 aromatic rings. The van der Waals surface area contributed by atoms with Gasteiger partial charge in [0.15, 0.2) is 0 Å². The Hall–Kier alpha value is -3.75. The number of nitrogens with zero attached hydrogens (tertiary/aromatic N) is 2. The van der Waals surface area contributed by atoms with Crippen LogP contribution in [0.15, 0.2) is 71.5 Å². The fraction of sp³-hybridized carbons (Fsp3) is 0.526. The van der Waals surface area contributed by atoms with Gasteiger partial charge in [-0.2, -0.15) is 0 Å². The number of para-hydroxylation sites is 1. The molecule has 256 valence electrons. The highest BCUT2D eigenvalue weighted by Crippen LogP contribution is 2.53. The molecule has 9 heteroatoms. The van der Waals surface area contributed by atoms with Crippen LogP contribution in [0.4, 0.5) is 18.9 Å². The molecule has 2 fully saturated rings. The molecule has 2 aromatic carbocycles. The number of amides is 1. The van der Waals surface area contributed by atoms with Crippen LogP contribution in [0.5, 0.6) is 5.75 Å². The summed E-state index contributed by atoms with van der Waals surface area (Å²) >= 11 is 0. The van der Waals surface area contributed by atoms with Gasteiger partial charge in [0.1, 0.15) is 5.75 Å². The van der Waals surface area contributed by atoms with Crippen LogP contribution in [0, 0.1) is 11.8 Å². The molecule has 6 nitrogen and oxygen atoms in total. The van der Waals surface area contributed by atoms with Gasteiger partial charge in [-0.3, -0.25) is 4.79 Å². The molecule has 2 aliphatic carbocycles. The predicted octanol–water partition coefficient (Wildman–Crippen LogP) is 9.78. The number of hydrogen-bond donors (Lipinski definition) is 0. The number of anilines is 1. The van der Waals surface area contributed by atoms with Crippen LogP contribution < -0.4 is 9.64 Å². The van der Waals surface area contributed by atoms with E-state index in [4.69, 9.17) is 0 Å². The number of esters is 1. The molecule has 47 heavy (non-hydrogen) atoms. The van der Waals surface area contributed by atoms with E-state index in [0.717, 1.165) is 37.9 Å². The highest BCUT2D eigenvalue weighted by atomic mass is 19.4. The van der Waals surface area contributed by atoms with Crippen LogP contribution >= 0.6 is 0 Å². The van der Waals surface area contributed by atoms with Crippen molar-refractivity contribution in [2.75, 3.05) is 18.1 Å². The summed E-state index contributed by atoms with van der Waals surface area (Å²) in [7, 11) is 0. The minimum Gasteiger partial charge on any atom is -0.463 e. The molecule has 3 atom stereocenters. The third-order valence-corrected chi connectivity index (χ3v) is 9.81. The average Bonchev–Trinajstić information content (AvgIpc) is 3.51. The van der Waals surface area contributed by atoms with Gasteiger partial charge in [-0.05, 0) is 109 Å². The van der Waals surface area contributed by atoms with Crippen molar-refractivity contribution in [1.82, 2.24) is 4.90 Å². The average molecular weight is 655 g/mol. The Balaban J connectivity index is 0.000000488. The zero-order chi connectivity index (χ0) is 34.3. The molecule has 0 spiro atoms. The second-order valence-corrected chi connectivity index (χ2v) is 12.5. The molecule has 1 heterocycles. The van der Waals surface area contributed by atoms with E-state index in [1.54, 1.807) is 19.9 Å². The van der Waals surface area contributed by atoms with Gasteiger partial charge in [0.05, 0.1) is 12.6 Å². The Labute approximate surface area is 277 Å². The standard InChI is InChI=1S/C31H37F3N2O2.C7H12O2/c1-4-20(3)28(21-10-8-11-21)35(5-2)29-24-12-6-7-14-26(24)36(27-15-9-13-25(27)29)30(37)22-16-18-23(19-17-22)38-31(32,33)34;1-4-6(3)7(8)9-5-2/h6-7,12,14,16-19,21,25,27,29H,4-5,8-11,13,15H2,1-3H3;4H,5H2,1-3H3/b28-20-;6-4+. The summed E-state index contributed by atoms with van der Waals surface area (Å²) in [5.74, 6) is 0.182. The Bertz CT molecular complexity index is 1450. The normalized spacial score (nSPS) is 21.3. The topological polar surface area (TPSA) is 59.1 Å². The van der Waals surface area contributed by atoms with Crippen molar-refractivity contribution in [3.63, 3.8) is 0 Å². The molecule has 1 aliphatic heterocycles. The van der Waals surface area contributed by atoms with E-state index >= 15 is 0 Å². The molecule has 0 bridgehead atoms. The maximum atomic E-state index is 13.9. The number of alkyl halides is 3. The lowest BCUT2D eigenvalue weighted by atomic mass is 9.76. The van der Waals surface area contributed by atoms with Crippen LogP contribution in [0.3, 0.4) is 0 Å².